The summed E-state index contributed by atoms with van der Waals surface area (Å²) in [4.78, 5) is 0. The Bertz CT molecular complexity index is 474. The van der Waals surface area contributed by atoms with Crippen molar-refractivity contribution in [1.29, 1.82) is 0 Å². The fraction of sp³-hybridized carbons (Fsp3) is 0.571. The van der Waals surface area contributed by atoms with Gasteiger partial charge in [0.25, 0.3) is 0 Å². The highest BCUT2D eigenvalue weighted by Gasteiger charge is 2.39. The van der Waals surface area contributed by atoms with Gasteiger partial charge in [-0.05, 0) is 19.9 Å². The van der Waals surface area contributed by atoms with Gasteiger partial charge < -0.3 is 15.2 Å². The van der Waals surface area contributed by atoms with Crippen LogP contribution in [-0.4, -0.2) is 29.5 Å². The van der Waals surface area contributed by atoms with Crippen molar-refractivity contribution in [3.8, 4) is 5.75 Å². The number of aliphatic hydroxyl groups excluding tert-OH is 1. The Morgan fingerprint density at radius 1 is 1.40 bits per heavy atom. The predicted octanol–water partition coefficient (Wildman–Crippen LogP) is 2.80. The third-order valence-electron chi connectivity index (χ3n) is 3.31. The van der Waals surface area contributed by atoms with Crippen LogP contribution in [-0.2, 0) is 0 Å². The highest BCUT2D eigenvalue weighted by atomic mass is 19.4. The molecular weight excluding hydrogens is 271 g/mol. The molecular formula is C14H18F3NO2. The minimum atomic E-state index is -4.60. The molecule has 2 N–H and O–H groups in total. The van der Waals surface area contributed by atoms with Crippen molar-refractivity contribution in [2.75, 3.05) is 6.54 Å². The molecule has 3 nitrogen and oxygen atoms in total. The number of para-hydroxylation sites is 1. The number of hydrogen-bond donors (Lipinski definition) is 2. The van der Waals surface area contributed by atoms with Crippen molar-refractivity contribution in [2.45, 2.75) is 44.2 Å². The second-order valence-electron chi connectivity index (χ2n) is 5.62. The van der Waals surface area contributed by atoms with E-state index in [1.165, 1.54) is 0 Å². The normalized spacial score (nSPS) is 22.8. The summed E-state index contributed by atoms with van der Waals surface area (Å²) in [6.07, 6.45) is -6.43. The van der Waals surface area contributed by atoms with Crippen LogP contribution >= 0.6 is 0 Å². The molecule has 6 heteroatoms. The molecule has 0 saturated carbocycles. The fourth-order valence-corrected chi connectivity index (χ4v) is 2.35. The van der Waals surface area contributed by atoms with Crippen LogP contribution in [0.5, 0.6) is 5.75 Å². The lowest BCUT2D eigenvalue weighted by molar-refractivity contribution is -0.202. The average molecular weight is 289 g/mol. The first-order valence-electron chi connectivity index (χ1n) is 6.45. The van der Waals surface area contributed by atoms with E-state index < -0.39 is 24.4 Å². The molecule has 2 unspecified atom stereocenters. The number of halogens is 3. The minimum Gasteiger partial charge on any atom is -0.487 e. The molecule has 0 fully saturated rings. The molecule has 112 valence electrons. The first-order chi connectivity index (χ1) is 9.19. The Labute approximate surface area is 115 Å². The summed E-state index contributed by atoms with van der Waals surface area (Å²) in [6, 6.07) is 6.98. The van der Waals surface area contributed by atoms with Gasteiger partial charge in [-0.25, -0.2) is 0 Å². The van der Waals surface area contributed by atoms with Gasteiger partial charge in [-0.1, -0.05) is 18.2 Å². The SMILES string of the molecule is CC1(C)CC(NCC(O)C(F)(F)F)c2ccccc2O1. The number of alkyl halides is 3. The van der Waals surface area contributed by atoms with E-state index in [0.717, 1.165) is 5.56 Å². The number of aliphatic hydroxyl groups is 1. The van der Waals surface area contributed by atoms with Crippen molar-refractivity contribution in [2.24, 2.45) is 0 Å². The van der Waals surface area contributed by atoms with E-state index in [4.69, 9.17) is 9.84 Å². The van der Waals surface area contributed by atoms with E-state index in [1.807, 2.05) is 32.0 Å². The van der Waals surface area contributed by atoms with Gasteiger partial charge >= 0.3 is 6.18 Å². The summed E-state index contributed by atoms with van der Waals surface area (Å²) in [6.45, 7) is 3.24. The highest BCUT2D eigenvalue weighted by Crippen LogP contribution is 2.39. The lowest BCUT2D eigenvalue weighted by Gasteiger charge is -2.38. The highest BCUT2D eigenvalue weighted by molar-refractivity contribution is 5.38. The maximum Gasteiger partial charge on any atom is 0.415 e. The number of nitrogens with one attached hydrogen (secondary N) is 1. The predicted molar refractivity (Wildman–Crippen MR) is 68.6 cm³/mol. The van der Waals surface area contributed by atoms with Gasteiger partial charge in [-0.3, -0.25) is 0 Å². The van der Waals surface area contributed by atoms with E-state index in [-0.39, 0.29) is 6.04 Å². The van der Waals surface area contributed by atoms with Crippen LogP contribution in [0.15, 0.2) is 24.3 Å². The molecule has 20 heavy (non-hydrogen) atoms. The van der Waals surface area contributed by atoms with Gasteiger partial charge in [0.1, 0.15) is 11.4 Å². The van der Waals surface area contributed by atoms with Crippen LogP contribution in [0.4, 0.5) is 13.2 Å². The first-order valence-corrected chi connectivity index (χ1v) is 6.45. The van der Waals surface area contributed by atoms with E-state index in [1.54, 1.807) is 6.07 Å². The van der Waals surface area contributed by atoms with Crippen molar-refractivity contribution < 1.29 is 23.0 Å². The molecule has 2 atom stereocenters. The molecule has 2 rings (SSSR count). The third kappa shape index (κ3) is 3.43. The number of hydrogen-bond acceptors (Lipinski definition) is 3. The number of fused-ring (bicyclic) bond motifs is 1. The van der Waals surface area contributed by atoms with Crippen molar-refractivity contribution in [3.05, 3.63) is 29.8 Å². The molecule has 1 heterocycles. The molecule has 0 bridgehead atoms. The van der Waals surface area contributed by atoms with Gasteiger partial charge in [-0.15, -0.1) is 0 Å². The Morgan fingerprint density at radius 3 is 2.70 bits per heavy atom. The van der Waals surface area contributed by atoms with Crippen molar-refractivity contribution >= 4 is 0 Å². The van der Waals surface area contributed by atoms with Gasteiger partial charge in [0.05, 0.1) is 0 Å². The average Bonchev–Trinajstić information content (AvgIpc) is 2.33. The van der Waals surface area contributed by atoms with Crippen LogP contribution in [0.25, 0.3) is 0 Å². The summed E-state index contributed by atoms with van der Waals surface area (Å²) < 4.78 is 42.8. The van der Waals surface area contributed by atoms with Crippen LogP contribution in [0.2, 0.25) is 0 Å². The summed E-state index contributed by atoms with van der Waals surface area (Å²) in [5, 5.41) is 11.9. The van der Waals surface area contributed by atoms with Gasteiger partial charge in [0.2, 0.25) is 0 Å². The lowest BCUT2D eigenvalue weighted by Crippen LogP contribution is -2.44. The van der Waals surface area contributed by atoms with E-state index in [0.29, 0.717) is 12.2 Å². The molecule has 0 aliphatic carbocycles. The van der Waals surface area contributed by atoms with Gasteiger partial charge in [-0.2, -0.15) is 13.2 Å². The maximum absolute atomic E-state index is 12.3. The van der Waals surface area contributed by atoms with Crippen LogP contribution in [0, 0.1) is 0 Å². The molecule has 1 aromatic rings. The molecule has 1 aliphatic rings. The molecule has 0 spiro atoms. The van der Waals surface area contributed by atoms with Crippen LogP contribution < -0.4 is 10.1 Å². The third-order valence-corrected chi connectivity index (χ3v) is 3.31. The van der Waals surface area contributed by atoms with Gasteiger partial charge in [0, 0.05) is 24.6 Å². The topological polar surface area (TPSA) is 41.5 Å². The molecule has 1 aliphatic heterocycles. The number of benzene rings is 1. The summed E-state index contributed by atoms with van der Waals surface area (Å²) in [7, 11) is 0. The Morgan fingerprint density at radius 2 is 2.05 bits per heavy atom. The monoisotopic (exact) mass is 289 g/mol. The van der Waals surface area contributed by atoms with E-state index in [2.05, 4.69) is 5.32 Å². The molecule has 0 radical (unpaired) electrons. The standard InChI is InChI=1S/C14H18F3NO2/c1-13(2)7-10(18-8-12(19)14(15,16)17)9-5-3-4-6-11(9)20-13/h3-6,10,12,18-19H,7-8H2,1-2H3. The molecule has 0 aromatic heterocycles. The molecule has 0 saturated heterocycles. The van der Waals surface area contributed by atoms with Crippen LogP contribution in [0.3, 0.4) is 0 Å². The lowest BCUT2D eigenvalue weighted by atomic mass is 9.89. The van der Waals surface area contributed by atoms with Crippen molar-refractivity contribution in [3.63, 3.8) is 0 Å². The Hall–Kier alpha value is -1.27. The summed E-state index contributed by atoms with van der Waals surface area (Å²) >= 11 is 0. The molecule has 1 aromatic carbocycles. The largest absolute Gasteiger partial charge is 0.487 e. The van der Waals surface area contributed by atoms with Crippen LogP contribution in [0.1, 0.15) is 31.9 Å². The maximum atomic E-state index is 12.3. The van der Waals surface area contributed by atoms with E-state index >= 15 is 0 Å². The smallest absolute Gasteiger partial charge is 0.415 e. The zero-order chi connectivity index (χ0) is 15.0. The number of rotatable bonds is 3. The summed E-state index contributed by atoms with van der Waals surface area (Å²) in [5.41, 5.74) is 0.357. The fourth-order valence-electron chi connectivity index (χ4n) is 2.35. The van der Waals surface area contributed by atoms with E-state index in [9.17, 15) is 13.2 Å². The zero-order valence-electron chi connectivity index (χ0n) is 11.4. The zero-order valence-corrected chi connectivity index (χ0v) is 11.4. The second-order valence-corrected chi connectivity index (χ2v) is 5.62. The quantitative estimate of drug-likeness (QED) is 0.899. The Balaban J connectivity index is 2.12. The Kier molecular flexibility index (Phi) is 3.97. The minimum absolute atomic E-state index is 0.271. The molecule has 0 amide bonds. The second kappa shape index (κ2) is 5.26. The van der Waals surface area contributed by atoms with Gasteiger partial charge in [0.15, 0.2) is 6.10 Å². The first kappa shape index (κ1) is 15.1. The summed E-state index contributed by atoms with van der Waals surface area (Å²) in [5.74, 6) is 0.669. The number of ether oxygens (including phenoxy) is 1. The van der Waals surface area contributed by atoms with Crippen molar-refractivity contribution in [1.82, 2.24) is 5.32 Å².